The summed E-state index contributed by atoms with van der Waals surface area (Å²) in [6, 6.07) is 9.27. The smallest absolute Gasteiger partial charge is 0.243 e. The zero-order chi connectivity index (χ0) is 20.1. The second kappa shape index (κ2) is 8.69. The van der Waals surface area contributed by atoms with Crippen molar-refractivity contribution in [3.05, 3.63) is 60.0 Å². The van der Waals surface area contributed by atoms with Gasteiger partial charge >= 0.3 is 0 Å². The number of hydrogen-bond acceptors (Lipinski definition) is 4. The van der Waals surface area contributed by atoms with E-state index in [1.807, 2.05) is 48.7 Å². The number of ketones is 1. The van der Waals surface area contributed by atoms with E-state index in [-0.39, 0.29) is 17.7 Å². The number of Topliss-reactive ketones (excluding diaryl/α,β-unsaturated/α-hetero) is 1. The van der Waals surface area contributed by atoms with Gasteiger partial charge in [0.1, 0.15) is 6.04 Å². The summed E-state index contributed by atoms with van der Waals surface area (Å²) in [6.45, 7) is 6.66. The van der Waals surface area contributed by atoms with Crippen molar-refractivity contribution in [3.8, 4) is 0 Å². The summed E-state index contributed by atoms with van der Waals surface area (Å²) >= 11 is 0. The van der Waals surface area contributed by atoms with E-state index < -0.39 is 0 Å². The minimum Gasteiger partial charge on any atom is -0.383 e. The molecule has 0 spiro atoms. The highest BCUT2D eigenvalue weighted by Crippen LogP contribution is 2.26. The van der Waals surface area contributed by atoms with E-state index in [2.05, 4.69) is 15.6 Å². The second-order valence-electron chi connectivity index (χ2n) is 6.86. The van der Waals surface area contributed by atoms with Gasteiger partial charge in [0.15, 0.2) is 5.78 Å². The highest BCUT2D eigenvalue weighted by atomic mass is 16.2. The molecule has 0 saturated heterocycles. The molecular weight excluding hydrogens is 352 g/mol. The fourth-order valence-electron chi connectivity index (χ4n) is 3.42. The number of pyridine rings is 1. The molecule has 0 aliphatic heterocycles. The lowest BCUT2D eigenvalue weighted by Gasteiger charge is -2.18. The molecule has 0 fully saturated rings. The van der Waals surface area contributed by atoms with Gasteiger partial charge in [0.25, 0.3) is 0 Å². The van der Waals surface area contributed by atoms with Gasteiger partial charge in [0.05, 0.1) is 0 Å². The zero-order valence-electron chi connectivity index (χ0n) is 16.5. The molecule has 1 amide bonds. The molecule has 2 heterocycles. The first-order chi connectivity index (χ1) is 13.5. The number of carbonyl (C=O) groups is 2. The van der Waals surface area contributed by atoms with Crippen LogP contribution in [0.1, 0.15) is 42.2 Å². The lowest BCUT2D eigenvalue weighted by atomic mass is 10.1. The molecule has 1 aromatic carbocycles. The quantitative estimate of drug-likeness (QED) is 0.463. The Kier molecular flexibility index (Phi) is 6.09. The van der Waals surface area contributed by atoms with Gasteiger partial charge in [-0.2, -0.15) is 0 Å². The van der Waals surface area contributed by atoms with Crippen LogP contribution in [0, 0.1) is 6.92 Å². The number of anilines is 1. The number of para-hydroxylation sites is 1. The number of fused-ring (bicyclic) bond motifs is 1. The van der Waals surface area contributed by atoms with Gasteiger partial charge in [0.2, 0.25) is 5.91 Å². The summed E-state index contributed by atoms with van der Waals surface area (Å²) in [7, 11) is 0. The van der Waals surface area contributed by atoms with E-state index in [1.54, 1.807) is 25.5 Å². The van der Waals surface area contributed by atoms with Gasteiger partial charge < -0.3 is 15.2 Å². The minimum absolute atomic E-state index is 0.00197. The molecule has 2 aromatic heterocycles. The third-order valence-corrected chi connectivity index (χ3v) is 4.90. The van der Waals surface area contributed by atoms with Crippen LogP contribution in [0.2, 0.25) is 0 Å². The van der Waals surface area contributed by atoms with Crippen molar-refractivity contribution in [1.82, 2.24) is 14.9 Å². The van der Waals surface area contributed by atoms with Crippen molar-refractivity contribution in [1.29, 1.82) is 0 Å². The number of hydrogen-bond donors (Lipinski definition) is 2. The molecule has 3 rings (SSSR count). The predicted octanol–water partition coefficient (Wildman–Crippen LogP) is 3.73. The monoisotopic (exact) mass is 378 g/mol. The summed E-state index contributed by atoms with van der Waals surface area (Å²) < 4.78 is 1.92. The molecule has 1 unspecified atom stereocenters. The number of carbonyl (C=O) groups excluding carboxylic acids is 2. The maximum absolute atomic E-state index is 12.8. The van der Waals surface area contributed by atoms with Crippen LogP contribution in [-0.2, 0) is 4.79 Å². The summed E-state index contributed by atoms with van der Waals surface area (Å²) in [6.07, 6.45) is 5.99. The Morgan fingerprint density at radius 3 is 2.68 bits per heavy atom. The first kappa shape index (κ1) is 19.6. The third kappa shape index (κ3) is 4.06. The number of nitrogens with one attached hydrogen (secondary N) is 2. The van der Waals surface area contributed by atoms with Crippen molar-refractivity contribution in [2.24, 2.45) is 0 Å². The number of rotatable bonds is 8. The fourth-order valence-corrected chi connectivity index (χ4v) is 3.42. The van der Waals surface area contributed by atoms with Crippen LogP contribution in [0.15, 0.2) is 48.9 Å². The van der Waals surface area contributed by atoms with Crippen LogP contribution in [0.3, 0.4) is 0 Å². The van der Waals surface area contributed by atoms with Gasteiger partial charge in [-0.25, -0.2) is 0 Å². The second-order valence-corrected chi connectivity index (χ2v) is 6.86. The third-order valence-electron chi connectivity index (χ3n) is 4.90. The Balaban J connectivity index is 1.70. The van der Waals surface area contributed by atoms with Crippen molar-refractivity contribution in [2.75, 3.05) is 18.4 Å². The number of nitrogens with zero attached hydrogens (tertiary/aromatic N) is 2. The normalized spacial score (nSPS) is 12.0. The Morgan fingerprint density at radius 2 is 1.96 bits per heavy atom. The molecule has 146 valence electrons. The van der Waals surface area contributed by atoms with Gasteiger partial charge in [-0.1, -0.05) is 25.1 Å². The Labute approximate surface area is 165 Å². The predicted molar refractivity (Wildman–Crippen MR) is 112 cm³/mol. The van der Waals surface area contributed by atoms with Crippen LogP contribution in [0.25, 0.3) is 10.9 Å². The van der Waals surface area contributed by atoms with Crippen molar-refractivity contribution < 1.29 is 9.59 Å². The van der Waals surface area contributed by atoms with Crippen LogP contribution in [-0.4, -0.2) is 34.3 Å². The van der Waals surface area contributed by atoms with Crippen molar-refractivity contribution >= 4 is 28.3 Å². The molecule has 0 bridgehead atoms. The molecule has 6 nitrogen and oxygen atoms in total. The Bertz CT molecular complexity index is 993. The highest BCUT2D eigenvalue weighted by molar-refractivity contribution is 6.07. The summed E-state index contributed by atoms with van der Waals surface area (Å²) in [5.74, 6) is -0.0475. The van der Waals surface area contributed by atoms with Crippen LogP contribution >= 0.6 is 0 Å². The molecule has 6 heteroatoms. The van der Waals surface area contributed by atoms with Gasteiger partial charge in [0, 0.05) is 53.8 Å². The summed E-state index contributed by atoms with van der Waals surface area (Å²) in [4.78, 5) is 28.9. The van der Waals surface area contributed by atoms with Crippen molar-refractivity contribution in [2.45, 2.75) is 33.2 Å². The summed E-state index contributed by atoms with van der Waals surface area (Å²) in [5, 5.41) is 7.19. The fraction of sp³-hybridized carbons (Fsp3) is 0.318. The molecule has 2 N–H and O–H groups in total. The summed E-state index contributed by atoms with van der Waals surface area (Å²) in [5.41, 5.74) is 3.63. The molecule has 0 radical (unpaired) electrons. The molecule has 0 aliphatic rings. The molecule has 0 aliphatic carbocycles. The largest absolute Gasteiger partial charge is 0.383 e. The molecule has 3 aromatic rings. The number of aryl methyl sites for hydroxylation is 1. The number of benzene rings is 1. The Morgan fingerprint density at radius 1 is 1.18 bits per heavy atom. The van der Waals surface area contributed by atoms with E-state index in [0.717, 1.165) is 22.2 Å². The van der Waals surface area contributed by atoms with E-state index in [1.165, 1.54) is 0 Å². The van der Waals surface area contributed by atoms with E-state index >= 15 is 0 Å². The maximum Gasteiger partial charge on any atom is 0.243 e. The highest BCUT2D eigenvalue weighted by Gasteiger charge is 2.22. The number of amides is 1. The topological polar surface area (TPSA) is 76.0 Å². The molecular formula is C22H26N4O2. The van der Waals surface area contributed by atoms with Crippen LogP contribution in [0.4, 0.5) is 5.69 Å². The molecule has 28 heavy (non-hydrogen) atoms. The first-order valence-corrected chi connectivity index (χ1v) is 9.55. The molecule has 0 saturated carbocycles. The van der Waals surface area contributed by atoms with Gasteiger partial charge in [-0.3, -0.25) is 14.6 Å². The lowest BCUT2D eigenvalue weighted by Crippen LogP contribution is -2.35. The maximum atomic E-state index is 12.8. The molecule has 1 atom stereocenters. The minimum atomic E-state index is -0.360. The van der Waals surface area contributed by atoms with Crippen LogP contribution in [0.5, 0.6) is 0 Å². The van der Waals surface area contributed by atoms with E-state index in [4.69, 9.17) is 0 Å². The standard InChI is InChI=1S/C22H26N4O2/c1-4-20(22(28)25-12-11-24-19-9-10-23-13-15(19)2)26-14-18(16(3)27)17-7-5-6-8-21(17)26/h5-10,13-14,20H,4,11-12H2,1-3H3,(H,23,24)(H,25,28). The van der Waals surface area contributed by atoms with E-state index in [0.29, 0.717) is 25.1 Å². The van der Waals surface area contributed by atoms with Crippen molar-refractivity contribution in [3.63, 3.8) is 0 Å². The SMILES string of the molecule is CCC(C(=O)NCCNc1ccncc1C)n1cc(C(C)=O)c2ccccc21. The first-order valence-electron chi connectivity index (χ1n) is 9.55. The van der Waals surface area contributed by atoms with Crippen LogP contribution < -0.4 is 10.6 Å². The Hall–Kier alpha value is -3.15. The average Bonchev–Trinajstić information content (AvgIpc) is 3.07. The zero-order valence-corrected chi connectivity index (χ0v) is 16.5. The lowest BCUT2D eigenvalue weighted by molar-refractivity contribution is -0.124. The number of aromatic nitrogens is 2. The average molecular weight is 378 g/mol. The van der Waals surface area contributed by atoms with Gasteiger partial charge in [-0.15, -0.1) is 0 Å². The van der Waals surface area contributed by atoms with Gasteiger partial charge in [-0.05, 0) is 38.0 Å². The van der Waals surface area contributed by atoms with E-state index in [9.17, 15) is 9.59 Å².